The topological polar surface area (TPSA) is 64.6 Å². The quantitative estimate of drug-likeness (QED) is 0.200. The van der Waals surface area contributed by atoms with E-state index in [1.54, 1.807) is 7.11 Å². The Labute approximate surface area is 162 Å². The molecule has 8 heteroatoms. The van der Waals surface area contributed by atoms with Gasteiger partial charge in [0.1, 0.15) is 6.61 Å². The van der Waals surface area contributed by atoms with Gasteiger partial charge in [-0.25, -0.2) is 0 Å². The van der Waals surface area contributed by atoms with Crippen molar-refractivity contribution in [3.8, 4) is 12.3 Å². The van der Waals surface area contributed by atoms with E-state index in [-0.39, 0.29) is 0 Å². The van der Waals surface area contributed by atoms with Gasteiger partial charge in [0.05, 0.1) is 79.3 Å². The highest BCUT2D eigenvalue weighted by atomic mass is 32.2. The summed E-state index contributed by atoms with van der Waals surface area (Å²) in [6.45, 7) is 7.58. The molecule has 0 aliphatic heterocycles. The molecule has 7 nitrogen and oxygen atoms in total. The van der Waals surface area contributed by atoms with Gasteiger partial charge in [0, 0.05) is 18.6 Å². The molecule has 0 aromatic rings. The first-order valence-electron chi connectivity index (χ1n) is 8.88. The first kappa shape index (κ1) is 25.6. The minimum atomic E-state index is 0.326. The van der Waals surface area contributed by atoms with Crippen molar-refractivity contribution in [2.24, 2.45) is 0 Å². The summed E-state index contributed by atoms with van der Waals surface area (Å²) in [6.07, 6.45) is 5.06. The SMILES string of the molecule is C#CCOCCOCCOCCOCCSCCOCCOCCOC. The summed E-state index contributed by atoms with van der Waals surface area (Å²) in [7, 11) is 1.66. The van der Waals surface area contributed by atoms with E-state index < -0.39 is 0 Å². The zero-order valence-corrected chi connectivity index (χ0v) is 16.8. The van der Waals surface area contributed by atoms with Crippen molar-refractivity contribution in [3.05, 3.63) is 0 Å². The van der Waals surface area contributed by atoms with Gasteiger partial charge in [-0.05, 0) is 0 Å². The lowest BCUT2D eigenvalue weighted by Crippen LogP contribution is -2.12. The van der Waals surface area contributed by atoms with Crippen LogP contribution in [0.3, 0.4) is 0 Å². The molecule has 0 saturated heterocycles. The third-order valence-electron chi connectivity index (χ3n) is 2.85. The molecule has 0 spiro atoms. The smallest absolute Gasteiger partial charge is 0.107 e. The minimum Gasteiger partial charge on any atom is -0.382 e. The van der Waals surface area contributed by atoms with Crippen LogP contribution in [0.2, 0.25) is 0 Å². The molecule has 0 atom stereocenters. The predicted molar refractivity (Wildman–Crippen MR) is 103 cm³/mol. The molecule has 0 saturated carbocycles. The van der Waals surface area contributed by atoms with Gasteiger partial charge in [0.2, 0.25) is 0 Å². The Kier molecular flexibility index (Phi) is 24.3. The fraction of sp³-hybridized carbons (Fsp3) is 0.889. The number of hydrogen-bond donors (Lipinski definition) is 0. The molecule has 0 radical (unpaired) electrons. The van der Waals surface area contributed by atoms with Gasteiger partial charge in [0.25, 0.3) is 0 Å². The molecule has 0 aliphatic carbocycles. The molecule has 0 bridgehead atoms. The molecule has 0 aliphatic rings. The monoisotopic (exact) mass is 394 g/mol. The van der Waals surface area contributed by atoms with Crippen LogP contribution in [0.15, 0.2) is 0 Å². The Balaban J connectivity index is 2.96. The van der Waals surface area contributed by atoms with E-state index in [4.69, 9.17) is 39.6 Å². The zero-order chi connectivity index (χ0) is 19.0. The van der Waals surface area contributed by atoms with E-state index in [0.29, 0.717) is 72.7 Å². The van der Waals surface area contributed by atoms with Gasteiger partial charge in [-0.15, -0.1) is 6.42 Å². The van der Waals surface area contributed by atoms with Gasteiger partial charge in [0.15, 0.2) is 0 Å². The molecule has 0 amide bonds. The second-order valence-corrected chi connectivity index (χ2v) is 6.15. The van der Waals surface area contributed by atoms with Crippen LogP contribution in [-0.4, -0.2) is 105 Å². The van der Waals surface area contributed by atoms with E-state index in [9.17, 15) is 0 Å². The highest BCUT2D eigenvalue weighted by Crippen LogP contribution is 1.99. The molecule has 0 rings (SSSR count). The maximum atomic E-state index is 5.49. The van der Waals surface area contributed by atoms with Crippen molar-refractivity contribution < 1.29 is 33.2 Å². The Morgan fingerprint density at radius 3 is 1.38 bits per heavy atom. The van der Waals surface area contributed by atoms with Crippen molar-refractivity contribution in [1.29, 1.82) is 0 Å². The van der Waals surface area contributed by atoms with Crippen LogP contribution in [0.4, 0.5) is 0 Å². The summed E-state index contributed by atoms with van der Waals surface area (Å²) in [5.41, 5.74) is 0. The van der Waals surface area contributed by atoms with E-state index in [0.717, 1.165) is 24.7 Å². The fourth-order valence-electron chi connectivity index (χ4n) is 1.59. The van der Waals surface area contributed by atoms with Crippen molar-refractivity contribution in [2.75, 3.05) is 105 Å². The summed E-state index contributed by atoms with van der Waals surface area (Å²) < 4.78 is 36.9. The summed E-state index contributed by atoms with van der Waals surface area (Å²) in [4.78, 5) is 0. The average Bonchev–Trinajstić information content (AvgIpc) is 2.66. The maximum Gasteiger partial charge on any atom is 0.107 e. The predicted octanol–water partition coefficient (Wildman–Crippen LogP) is 1.10. The van der Waals surface area contributed by atoms with Crippen LogP contribution in [0, 0.1) is 12.3 Å². The molecule has 0 aromatic carbocycles. The van der Waals surface area contributed by atoms with Gasteiger partial charge in [-0.3, -0.25) is 0 Å². The lowest BCUT2D eigenvalue weighted by Gasteiger charge is -2.07. The lowest BCUT2D eigenvalue weighted by molar-refractivity contribution is 0.00310. The van der Waals surface area contributed by atoms with Crippen molar-refractivity contribution in [3.63, 3.8) is 0 Å². The number of methoxy groups -OCH3 is 1. The van der Waals surface area contributed by atoms with Crippen LogP contribution in [-0.2, 0) is 33.2 Å². The van der Waals surface area contributed by atoms with Gasteiger partial charge >= 0.3 is 0 Å². The largest absolute Gasteiger partial charge is 0.382 e. The molecule has 26 heavy (non-hydrogen) atoms. The third kappa shape index (κ3) is 23.6. The summed E-state index contributed by atoms with van der Waals surface area (Å²) >= 11 is 1.81. The van der Waals surface area contributed by atoms with E-state index in [1.807, 2.05) is 11.8 Å². The van der Waals surface area contributed by atoms with Crippen LogP contribution < -0.4 is 0 Å². The Morgan fingerprint density at radius 2 is 0.962 bits per heavy atom. The number of ether oxygens (including phenoxy) is 7. The van der Waals surface area contributed by atoms with Gasteiger partial charge in [-0.2, -0.15) is 11.8 Å². The number of hydrogen-bond acceptors (Lipinski definition) is 8. The minimum absolute atomic E-state index is 0.326. The Hall–Kier alpha value is -0.370. The van der Waals surface area contributed by atoms with E-state index in [1.165, 1.54) is 0 Å². The van der Waals surface area contributed by atoms with E-state index in [2.05, 4.69) is 5.92 Å². The lowest BCUT2D eigenvalue weighted by atomic mass is 10.7. The van der Waals surface area contributed by atoms with Gasteiger partial charge in [-0.1, -0.05) is 5.92 Å². The maximum absolute atomic E-state index is 5.49. The number of thioether (sulfide) groups is 1. The Morgan fingerprint density at radius 1 is 0.577 bits per heavy atom. The molecule has 154 valence electrons. The molecule has 0 unspecified atom stereocenters. The highest BCUT2D eigenvalue weighted by molar-refractivity contribution is 7.99. The van der Waals surface area contributed by atoms with Crippen LogP contribution in [0.5, 0.6) is 0 Å². The molecule has 0 fully saturated rings. The molecule has 0 aromatic heterocycles. The number of rotatable bonds is 22. The first-order chi connectivity index (χ1) is 12.9. The molecule has 0 heterocycles. The van der Waals surface area contributed by atoms with Crippen LogP contribution >= 0.6 is 11.8 Å². The standard InChI is InChI=1S/C18H34O7S/c1-3-4-20-7-8-22-9-10-23-12-14-25-16-18-26-17-15-24-13-11-21-6-5-19-2/h1H,4-18H2,2H3. The summed E-state index contributed by atoms with van der Waals surface area (Å²) in [5.74, 6) is 4.31. The molecular weight excluding hydrogens is 360 g/mol. The van der Waals surface area contributed by atoms with Crippen LogP contribution in [0.25, 0.3) is 0 Å². The summed E-state index contributed by atoms with van der Waals surface area (Å²) in [5, 5.41) is 0. The second kappa shape index (κ2) is 24.6. The third-order valence-corrected chi connectivity index (χ3v) is 3.76. The van der Waals surface area contributed by atoms with Crippen molar-refractivity contribution in [2.45, 2.75) is 0 Å². The Bertz CT molecular complexity index is 300. The van der Waals surface area contributed by atoms with E-state index >= 15 is 0 Å². The number of terminal acetylenes is 1. The molecule has 0 N–H and O–H groups in total. The summed E-state index contributed by atoms with van der Waals surface area (Å²) in [6, 6.07) is 0. The van der Waals surface area contributed by atoms with Gasteiger partial charge < -0.3 is 33.2 Å². The first-order valence-corrected chi connectivity index (χ1v) is 10.0. The highest BCUT2D eigenvalue weighted by Gasteiger charge is 1.94. The molecular formula is C18H34O7S. The van der Waals surface area contributed by atoms with Crippen molar-refractivity contribution >= 4 is 11.8 Å². The van der Waals surface area contributed by atoms with Crippen molar-refractivity contribution in [1.82, 2.24) is 0 Å². The van der Waals surface area contributed by atoms with Crippen LogP contribution in [0.1, 0.15) is 0 Å². The normalized spacial score (nSPS) is 10.9. The fourth-order valence-corrected chi connectivity index (χ4v) is 2.27. The average molecular weight is 395 g/mol. The second-order valence-electron chi connectivity index (χ2n) is 4.92. The zero-order valence-electron chi connectivity index (χ0n) is 15.9.